The number of hydrogen-bond donors (Lipinski definition) is 1. The van der Waals surface area contributed by atoms with Gasteiger partial charge in [-0.15, -0.1) is 0 Å². The first-order valence-electron chi connectivity index (χ1n) is 7.34. The van der Waals surface area contributed by atoms with Gasteiger partial charge in [0.1, 0.15) is 6.33 Å². The minimum Gasteiger partial charge on any atom is -0.352 e. The van der Waals surface area contributed by atoms with Gasteiger partial charge in [-0.2, -0.15) is 0 Å². The second kappa shape index (κ2) is 7.53. The molecule has 0 aliphatic carbocycles. The summed E-state index contributed by atoms with van der Waals surface area (Å²) < 4.78 is 0. The summed E-state index contributed by atoms with van der Waals surface area (Å²) in [6.07, 6.45) is 5.68. The molecule has 21 heavy (non-hydrogen) atoms. The highest BCUT2D eigenvalue weighted by Gasteiger charge is 2.11. The Labute approximate surface area is 125 Å². The molecule has 1 amide bonds. The van der Waals surface area contributed by atoms with E-state index < -0.39 is 0 Å². The van der Waals surface area contributed by atoms with Gasteiger partial charge in [-0.3, -0.25) is 4.79 Å². The number of rotatable bonds is 6. The van der Waals surface area contributed by atoms with Crippen LogP contribution >= 0.6 is 0 Å². The lowest BCUT2D eigenvalue weighted by molar-refractivity contribution is 0.0952. The predicted molar refractivity (Wildman–Crippen MR) is 83.2 cm³/mol. The summed E-state index contributed by atoms with van der Waals surface area (Å²) in [5.74, 6) is -0.0902. The van der Waals surface area contributed by atoms with Crippen LogP contribution in [0.1, 0.15) is 40.5 Å². The van der Waals surface area contributed by atoms with E-state index in [1.54, 1.807) is 6.20 Å². The fourth-order valence-corrected chi connectivity index (χ4v) is 2.28. The van der Waals surface area contributed by atoms with Crippen LogP contribution in [0.5, 0.6) is 0 Å². The van der Waals surface area contributed by atoms with E-state index in [1.807, 2.05) is 12.1 Å². The minimum absolute atomic E-state index is 0.0902. The van der Waals surface area contributed by atoms with Gasteiger partial charge in [-0.05, 0) is 30.9 Å². The van der Waals surface area contributed by atoms with Crippen molar-refractivity contribution < 1.29 is 4.79 Å². The molecule has 1 N–H and O–H groups in total. The Kier molecular flexibility index (Phi) is 5.43. The number of hydrogen-bond acceptors (Lipinski definition) is 3. The molecule has 0 unspecified atom stereocenters. The molecular weight excluding hydrogens is 262 g/mol. The van der Waals surface area contributed by atoms with Crippen molar-refractivity contribution in [2.45, 2.75) is 33.1 Å². The standard InChI is InChI=1S/C17H21N3O/c1-3-6-16-15(11-18-12-20-16)17(21)19-10-9-14-8-5-4-7-13(14)2/h4-5,7-8,11-12H,3,6,9-10H2,1-2H3,(H,19,21). The van der Waals surface area contributed by atoms with Crippen LogP contribution in [0.15, 0.2) is 36.8 Å². The predicted octanol–water partition coefficient (Wildman–Crippen LogP) is 2.71. The Morgan fingerprint density at radius 3 is 2.81 bits per heavy atom. The molecule has 0 spiro atoms. The van der Waals surface area contributed by atoms with Gasteiger partial charge in [0.05, 0.1) is 11.3 Å². The van der Waals surface area contributed by atoms with Crippen LogP contribution in [0.2, 0.25) is 0 Å². The number of aromatic nitrogens is 2. The van der Waals surface area contributed by atoms with E-state index in [0.717, 1.165) is 25.0 Å². The summed E-state index contributed by atoms with van der Waals surface area (Å²) in [4.78, 5) is 20.4. The van der Waals surface area contributed by atoms with Gasteiger partial charge in [-0.1, -0.05) is 37.6 Å². The Morgan fingerprint density at radius 1 is 1.24 bits per heavy atom. The highest BCUT2D eigenvalue weighted by atomic mass is 16.1. The summed E-state index contributed by atoms with van der Waals surface area (Å²) in [6, 6.07) is 8.22. The van der Waals surface area contributed by atoms with E-state index in [-0.39, 0.29) is 5.91 Å². The normalized spacial score (nSPS) is 10.4. The number of amides is 1. The van der Waals surface area contributed by atoms with Crippen molar-refractivity contribution in [3.8, 4) is 0 Å². The first-order chi connectivity index (χ1) is 10.2. The number of nitrogens with one attached hydrogen (secondary N) is 1. The first kappa shape index (κ1) is 15.2. The highest BCUT2D eigenvalue weighted by molar-refractivity contribution is 5.94. The Morgan fingerprint density at radius 2 is 2.05 bits per heavy atom. The summed E-state index contributed by atoms with van der Waals surface area (Å²) in [7, 11) is 0. The average Bonchev–Trinajstić information content (AvgIpc) is 2.50. The Balaban J connectivity index is 1.95. The van der Waals surface area contributed by atoms with Crippen molar-refractivity contribution in [1.29, 1.82) is 0 Å². The van der Waals surface area contributed by atoms with Crippen LogP contribution in [-0.4, -0.2) is 22.4 Å². The number of carbonyl (C=O) groups is 1. The van der Waals surface area contributed by atoms with Crippen LogP contribution in [0.3, 0.4) is 0 Å². The van der Waals surface area contributed by atoms with Crippen molar-refractivity contribution in [2.24, 2.45) is 0 Å². The number of aryl methyl sites for hydroxylation is 2. The maximum atomic E-state index is 12.2. The molecule has 0 fully saturated rings. The van der Waals surface area contributed by atoms with E-state index in [0.29, 0.717) is 12.1 Å². The highest BCUT2D eigenvalue weighted by Crippen LogP contribution is 2.08. The SMILES string of the molecule is CCCc1ncncc1C(=O)NCCc1ccccc1C. The molecule has 0 aliphatic heterocycles. The molecule has 110 valence electrons. The van der Waals surface area contributed by atoms with E-state index in [2.05, 4.69) is 41.3 Å². The van der Waals surface area contributed by atoms with Crippen LogP contribution in [0.4, 0.5) is 0 Å². The summed E-state index contributed by atoms with van der Waals surface area (Å²) >= 11 is 0. The van der Waals surface area contributed by atoms with E-state index in [4.69, 9.17) is 0 Å². The molecule has 0 atom stereocenters. The monoisotopic (exact) mass is 283 g/mol. The second-order valence-electron chi connectivity index (χ2n) is 5.07. The number of benzene rings is 1. The zero-order chi connectivity index (χ0) is 15.1. The maximum absolute atomic E-state index is 12.2. The smallest absolute Gasteiger partial charge is 0.254 e. The largest absolute Gasteiger partial charge is 0.352 e. The number of carbonyl (C=O) groups excluding carboxylic acids is 1. The molecule has 0 saturated carbocycles. The molecule has 1 aromatic heterocycles. The molecule has 4 nitrogen and oxygen atoms in total. The van der Waals surface area contributed by atoms with Crippen LogP contribution < -0.4 is 5.32 Å². The summed E-state index contributed by atoms with van der Waals surface area (Å²) in [5, 5.41) is 2.95. The molecule has 0 radical (unpaired) electrons. The molecule has 1 aromatic carbocycles. The molecule has 2 aromatic rings. The molecule has 2 rings (SSSR count). The van der Waals surface area contributed by atoms with Crippen LogP contribution in [0, 0.1) is 6.92 Å². The fraction of sp³-hybridized carbons (Fsp3) is 0.353. The van der Waals surface area contributed by atoms with Crippen molar-refractivity contribution in [3.63, 3.8) is 0 Å². The zero-order valence-electron chi connectivity index (χ0n) is 12.6. The molecule has 0 bridgehead atoms. The Hall–Kier alpha value is -2.23. The average molecular weight is 283 g/mol. The summed E-state index contributed by atoms with van der Waals surface area (Å²) in [6.45, 7) is 4.77. The zero-order valence-corrected chi connectivity index (χ0v) is 12.6. The van der Waals surface area contributed by atoms with Gasteiger partial charge in [0, 0.05) is 12.7 Å². The third-order valence-electron chi connectivity index (χ3n) is 3.47. The van der Waals surface area contributed by atoms with Gasteiger partial charge in [0.15, 0.2) is 0 Å². The maximum Gasteiger partial charge on any atom is 0.254 e. The topological polar surface area (TPSA) is 54.9 Å². The van der Waals surface area contributed by atoms with Crippen molar-refractivity contribution in [3.05, 3.63) is 59.2 Å². The van der Waals surface area contributed by atoms with Crippen molar-refractivity contribution >= 4 is 5.91 Å². The van der Waals surface area contributed by atoms with E-state index >= 15 is 0 Å². The molecule has 0 saturated heterocycles. The van der Waals surface area contributed by atoms with Crippen LogP contribution in [0.25, 0.3) is 0 Å². The summed E-state index contributed by atoms with van der Waals surface area (Å²) in [5.41, 5.74) is 3.92. The molecule has 0 aliphatic rings. The van der Waals surface area contributed by atoms with E-state index in [9.17, 15) is 4.79 Å². The van der Waals surface area contributed by atoms with Crippen molar-refractivity contribution in [1.82, 2.24) is 15.3 Å². The fourth-order valence-electron chi connectivity index (χ4n) is 2.28. The molecule has 1 heterocycles. The van der Waals surface area contributed by atoms with Gasteiger partial charge in [-0.25, -0.2) is 9.97 Å². The van der Waals surface area contributed by atoms with Gasteiger partial charge in [0.2, 0.25) is 0 Å². The lowest BCUT2D eigenvalue weighted by Gasteiger charge is -2.09. The third kappa shape index (κ3) is 4.12. The van der Waals surface area contributed by atoms with Crippen molar-refractivity contribution in [2.75, 3.05) is 6.54 Å². The Bertz CT molecular complexity index is 610. The van der Waals surface area contributed by atoms with E-state index in [1.165, 1.54) is 17.5 Å². The number of nitrogens with zero attached hydrogens (tertiary/aromatic N) is 2. The lowest BCUT2D eigenvalue weighted by Crippen LogP contribution is -2.27. The minimum atomic E-state index is -0.0902. The van der Waals surface area contributed by atoms with Gasteiger partial charge in [0.25, 0.3) is 5.91 Å². The molecular formula is C17H21N3O. The quantitative estimate of drug-likeness (QED) is 0.887. The molecule has 4 heteroatoms. The lowest BCUT2D eigenvalue weighted by atomic mass is 10.1. The third-order valence-corrected chi connectivity index (χ3v) is 3.47. The first-order valence-corrected chi connectivity index (χ1v) is 7.34. The van der Waals surface area contributed by atoms with Gasteiger partial charge >= 0.3 is 0 Å². The van der Waals surface area contributed by atoms with Crippen LogP contribution in [-0.2, 0) is 12.8 Å². The second-order valence-corrected chi connectivity index (χ2v) is 5.07. The van der Waals surface area contributed by atoms with Gasteiger partial charge < -0.3 is 5.32 Å².